The Morgan fingerprint density at radius 1 is 1.27 bits per heavy atom. The number of aryl methyl sites for hydroxylation is 2. The molecule has 0 radical (unpaired) electrons. The van der Waals surface area contributed by atoms with Gasteiger partial charge in [0.1, 0.15) is 5.65 Å². The van der Waals surface area contributed by atoms with Gasteiger partial charge in [0, 0.05) is 23.9 Å². The number of fused-ring (bicyclic) bond motifs is 2. The Balaban J connectivity index is 1.90. The first-order valence-corrected chi connectivity index (χ1v) is 7.57. The number of aromatic nitrogens is 2. The zero-order valence-corrected chi connectivity index (χ0v) is 12.8. The fraction of sp³-hybridized carbons (Fsp3) is 0.176. The van der Waals surface area contributed by atoms with E-state index in [9.17, 15) is 4.79 Å². The third kappa shape index (κ3) is 1.99. The van der Waals surface area contributed by atoms with E-state index >= 15 is 0 Å². The highest BCUT2D eigenvalue weighted by Gasteiger charge is 2.20. The highest BCUT2D eigenvalue weighted by atomic mass is 35.5. The number of nitrogens with zero attached hydrogens (tertiary/aromatic N) is 2. The highest BCUT2D eigenvalue weighted by Crippen LogP contribution is 2.36. The van der Waals surface area contributed by atoms with Crippen molar-refractivity contribution in [1.29, 1.82) is 0 Å². The molecule has 4 rings (SSSR count). The second-order valence-corrected chi connectivity index (χ2v) is 5.92. The number of halogens is 1. The quantitative estimate of drug-likeness (QED) is 0.742. The molecule has 3 aromatic rings. The second kappa shape index (κ2) is 4.85. The van der Waals surface area contributed by atoms with E-state index in [2.05, 4.69) is 15.8 Å². The monoisotopic (exact) mass is 311 g/mol. The Labute approximate surface area is 132 Å². The van der Waals surface area contributed by atoms with Crippen molar-refractivity contribution in [2.75, 3.05) is 5.32 Å². The number of nitrogens with one attached hydrogen (secondary N) is 1. The number of amides is 1. The number of carbonyl (C=O) groups excluding carboxylic acids is 1. The fourth-order valence-corrected chi connectivity index (χ4v) is 3.27. The second-order valence-electron chi connectivity index (χ2n) is 5.52. The summed E-state index contributed by atoms with van der Waals surface area (Å²) in [6.07, 6.45) is 3.21. The molecular weight excluding hydrogens is 298 g/mol. The molecule has 0 atom stereocenters. The van der Waals surface area contributed by atoms with Gasteiger partial charge in [-0.3, -0.25) is 4.79 Å². The van der Waals surface area contributed by atoms with Crippen LogP contribution in [0.5, 0.6) is 0 Å². The van der Waals surface area contributed by atoms with Gasteiger partial charge in [-0.2, -0.15) is 0 Å². The molecule has 1 aliphatic heterocycles. The summed E-state index contributed by atoms with van der Waals surface area (Å²) in [6, 6.07) is 9.90. The van der Waals surface area contributed by atoms with Crippen LogP contribution in [-0.2, 0) is 11.2 Å². The predicted molar refractivity (Wildman–Crippen MR) is 87.3 cm³/mol. The third-order valence-electron chi connectivity index (χ3n) is 4.10. The van der Waals surface area contributed by atoms with E-state index in [0.29, 0.717) is 17.9 Å². The van der Waals surface area contributed by atoms with Crippen LogP contribution in [0.4, 0.5) is 5.69 Å². The maximum Gasteiger partial charge on any atom is 0.224 e. The minimum atomic E-state index is 0.0195. The highest BCUT2D eigenvalue weighted by molar-refractivity contribution is 6.34. The number of pyridine rings is 1. The molecule has 0 saturated heterocycles. The van der Waals surface area contributed by atoms with Crippen molar-refractivity contribution in [2.45, 2.75) is 19.8 Å². The lowest BCUT2D eigenvalue weighted by molar-refractivity contribution is -0.116. The zero-order chi connectivity index (χ0) is 15.3. The molecule has 0 fully saturated rings. The summed E-state index contributed by atoms with van der Waals surface area (Å²) >= 11 is 6.36. The molecule has 0 unspecified atom stereocenters. The smallest absolute Gasteiger partial charge is 0.224 e. The maximum absolute atomic E-state index is 11.5. The molecule has 0 spiro atoms. The van der Waals surface area contributed by atoms with E-state index in [1.807, 2.05) is 37.4 Å². The molecule has 4 nitrogen and oxygen atoms in total. The van der Waals surface area contributed by atoms with Crippen LogP contribution in [0.25, 0.3) is 16.9 Å². The van der Waals surface area contributed by atoms with Crippen molar-refractivity contribution in [3.05, 3.63) is 52.8 Å². The van der Waals surface area contributed by atoms with Crippen LogP contribution < -0.4 is 5.32 Å². The first-order valence-electron chi connectivity index (χ1n) is 7.20. The van der Waals surface area contributed by atoms with Gasteiger partial charge in [0.2, 0.25) is 5.91 Å². The van der Waals surface area contributed by atoms with Crippen LogP contribution in [-0.4, -0.2) is 15.3 Å². The van der Waals surface area contributed by atoms with Crippen LogP contribution in [0.1, 0.15) is 17.7 Å². The van der Waals surface area contributed by atoms with Gasteiger partial charge in [0.15, 0.2) is 0 Å². The van der Waals surface area contributed by atoms with Gasteiger partial charge in [-0.05, 0) is 43.2 Å². The molecule has 1 N–H and O–H groups in total. The lowest BCUT2D eigenvalue weighted by Crippen LogP contribution is -2.19. The van der Waals surface area contributed by atoms with E-state index in [1.165, 1.54) is 0 Å². The van der Waals surface area contributed by atoms with Gasteiger partial charge in [0.05, 0.1) is 16.4 Å². The zero-order valence-electron chi connectivity index (χ0n) is 12.1. The molecule has 3 heterocycles. The summed E-state index contributed by atoms with van der Waals surface area (Å²) in [4.78, 5) is 16.2. The summed E-state index contributed by atoms with van der Waals surface area (Å²) in [5.74, 6) is 0.0195. The molecule has 0 bridgehead atoms. The first-order chi connectivity index (χ1) is 10.6. The number of rotatable bonds is 1. The molecule has 2 aromatic heterocycles. The average molecular weight is 312 g/mol. The molecular formula is C17H14ClN3O. The van der Waals surface area contributed by atoms with Gasteiger partial charge in [-0.25, -0.2) is 4.98 Å². The average Bonchev–Trinajstić information content (AvgIpc) is 2.85. The van der Waals surface area contributed by atoms with Gasteiger partial charge in [-0.1, -0.05) is 17.7 Å². The van der Waals surface area contributed by atoms with Crippen LogP contribution in [0.2, 0.25) is 5.02 Å². The van der Waals surface area contributed by atoms with E-state index in [4.69, 9.17) is 16.6 Å². The van der Waals surface area contributed by atoms with Crippen molar-refractivity contribution in [3.8, 4) is 11.3 Å². The number of imidazole rings is 1. The van der Waals surface area contributed by atoms with Crippen molar-refractivity contribution in [3.63, 3.8) is 0 Å². The summed E-state index contributed by atoms with van der Waals surface area (Å²) in [5, 5.41) is 3.42. The van der Waals surface area contributed by atoms with Gasteiger partial charge in [0.25, 0.3) is 0 Å². The summed E-state index contributed by atoms with van der Waals surface area (Å²) < 4.78 is 2.06. The lowest BCUT2D eigenvalue weighted by atomic mass is 9.98. The lowest BCUT2D eigenvalue weighted by Gasteiger charge is -2.19. The molecule has 1 aliphatic rings. The summed E-state index contributed by atoms with van der Waals surface area (Å²) in [5.41, 5.74) is 5.71. The molecule has 22 heavy (non-hydrogen) atoms. The number of hydrogen-bond donors (Lipinski definition) is 1. The van der Waals surface area contributed by atoms with Gasteiger partial charge < -0.3 is 9.72 Å². The Morgan fingerprint density at radius 3 is 2.95 bits per heavy atom. The van der Waals surface area contributed by atoms with Crippen molar-refractivity contribution in [2.24, 2.45) is 0 Å². The van der Waals surface area contributed by atoms with Crippen LogP contribution in [0, 0.1) is 6.92 Å². The Morgan fingerprint density at radius 2 is 2.14 bits per heavy atom. The number of hydrogen-bond acceptors (Lipinski definition) is 2. The summed E-state index contributed by atoms with van der Waals surface area (Å²) in [6.45, 7) is 2.05. The largest absolute Gasteiger partial charge is 0.325 e. The van der Waals surface area contributed by atoms with Crippen molar-refractivity contribution >= 4 is 28.8 Å². The molecule has 0 saturated carbocycles. The number of benzene rings is 1. The van der Waals surface area contributed by atoms with Crippen molar-refractivity contribution in [1.82, 2.24) is 9.38 Å². The third-order valence-corrected chi connectivity index (χ3v) is 4.40. The number of carbonyl (C=O) groups is 1. The Bertz CT molecular complexity index is 914. The SMILES string of the molecule is Cc1c(-c2cc(Cl)c3c(c2)CCC(=O)N3)nc2ccccn12. The first kappa shape index (κ1) is 13.3. The van der Waals surface area contributed by atoms with Crippen LogP contribution >= 0.6 is 11.6 Å². The van der Waals surface area contributed by atoms with E-state index in [1.54, 1.807) is 0 Å². The Kier molecular flexibility index (Phi) is 2.94. The standard InChI is InChI=1S/C17H14ClN3O/c1-10-16(19-14-4-2-3-7-21(10)14)12-8-11-5-6-15(22)20-17(11)13(18)9-12/h2-4,7-9H,5-6H2,1H3,(H,20,22). The van der Waals surface area contributed by atoms with Gasteiger partial charge in [-0.15, -0.1) is 0 Å². The molecule has 1 amide bonds. The summed E-state index contributed by atoms with van der Waals surface area (Å²) in [7, 11) is 0. The molecule has 110 valence electrons. The van der Waals surface area contributed by atoms with E-state index in [-0.39, 0.29) is 5.91 Å². The molecule has 0 aliphatic carbocycles. The normalized spacial score (nSPS) is 14.0. The van der Waals surface area contributed by atoms with E-state index < -0.39 is 0 Å². The predicted octanol–water partition coefficient (Wildman–Crippen LogP) is 3.85. The molecule has 1 aromatic carbocycles. The van der Waals surface area contributed by atoms with E-state index in [0.717, 1.165) is 33.8 Å². The van der Waals surface area contributed by atoms with Crippen LogP contribution in [0.3, 0.4) is 0 Å². The minimum absolute atomic E-state index is 0.0195. The van der Waals surface area contributed by atoms with Crippen LogP contribution in [0.15, 0.2) is 36.5 Å². The Hall–Kier alpha value is -2.33. The van der Waals surface area contributed by atoms with Crippen molar-refractivity contribution < 1.29 is 4.79 Å². The number of anilines is 1. The maximum atomic E-state index is 11.5. The minimum Gasteiger partial charge on any atom is -0.325 e. The van der Waals surface area contributed by atoms with Gasteiger partial charge >= 0.3 is 0 Å². The molecule has 5 heteroatoms. The fourth-order valence-electron chi connectivity index (χ4n) is 2.98. The topological polar surface area (TPSA) is 46.4 Å².